The van der Waals surface area contributed by atoms with Crippen molar-refractivity contribution in [2.45, 2.75) is 70.0 Å². The predicted octanol–water partition coefficient (Wildman–Crippen LogP) is 9.76. The van der Waals surface area contributed by atoms with Gasteiger partial charge in [-0.15, -0.1) is 9.60 Å². The van der Waals surface area contributed by atoms with Crippen LogP contribution in [-0.4, -0.2) is 16.0 Å². The second-order valence-corrected chi connectivity index (χ2v) is 15.4. The SMILES string of the molecule is CC1CC=CC=C1N1C2=C(CCC=C2)NC1c1cc(C2NC3CC=CC=C3N2c2ccccc2)cc(C2N3C4=CCCC=C4[N+]23c2ccccc2)c1. The summed E-state index contributed by atoms with van der Waals surface area (Å²) in [6.45, 7) is 2.38. The third-order valence-corrected chi connectivity index (χ3v) is 12.4. The van der Waals surface area contributed by atoms with Gasteiger partial charge >= 0.3 is 0 Å². The molecule has 8 aliphatic rings. The first-order chi connectivity index (χ1) is 25.7. The lowest BCUT2D eigenvalue weighted by atomic mass is 9.95. The van der Waals surface area contributed by atoms with Crippen LogP contribution in [0.4, 0.5) is 11.4 Å². The molecule has 6 atom stereocenters. The van der Waals surface area contributed by atoms with Crippen molar-refractivity contribution in [3.8, 4) is 0 Å². The van der Waals surface area contributed by atoms with Crippen molar-refractivity contribution in [3.63, 3.8) is 0 Å². The fourth-order valence-corrected chi connectivity index (χ4v) is 10.0. The standard InChI is InChI=1S/C46H45N6/c1-31-16-8-11-23-39(31)50-41-25-13-10-22-38(41)48-45(50)33-28-32(44-47-37-21-9-12-24-40(37)49(44)35-17-4-2-5-18-35)29-34(30-33)46-51-42-26-14-15-27-43(42)52(46,51)36-19-6-3-7-20-36/h2-9,11-13,17-20,23-31,37,44-48H,10,14-16,21-22H2,1H3/q+1. The van der Waals surface area contributed by atoms with E-state index in [0.29, 0.717) is 5.92 Å². The Kier molecular flexibility index (Phi) is 6.77. The molecular weight excluding hydrogens is 637 g/mol. The second-order valence-electron chi connectivity index (χ2n) is 15.4. The molecule has 2 N–H and O–H groups in total. The lowest BCUT2D eigenvalue weighted by Gasteiger charge is -2.35. The Balaban J connectivity index is 1.09. The van der Waals surface area contributed by atoms with E-state index in [1.54, 1.807) is 0 Å². The summed E-state index contributed by atoms with van der Waals surface area (Å²) in [7, 11) is 0. The Morgan fingerprint density at radius 3 is 2.27 bits per heavy atom. The van der Waals surface area contributed by atoms with E-state index >= 15 is 0 Å². The van der Waals surface area contributed by atoms with Crippen molar-refractivity contribution < 1.29 is 0 Å². The summed E-state index contributed by atoms with van der Waals surface area (Å²) in [6, 6.07) is 30.0. The van der Waals surface area contributed by atoms with Crippen LogP contribution in [0.25, 0.3) is 0 Å². The van der Waals surface area contributed by atoms with Gasteiger partial charge < -0.3 is 15.1 Å². The molecule has 3 fully saturated rings. The van der Waals surface area contributed by atoms with Crippen LogP contribution in [0.3, 0.4) is 0 Å². The van der Waals surface area contributed by atoms with Gasteiger partial charge in [-0.1, -0.05) is 73.7 Å². The maximum atomic E-state index is 4.11. The van der Waals surface area contributed by atoms with E-state index < -0.39 is 0 Å². The molecule has 52 heavy (non-hydrogen) atoms. The van der Waals surface area contributed by atoms with E-state index in [1.165, 1.54) is 62.2 Å². The second kappa shape index (κ2) is 11.6. The minimum atomic E-state index is -0.00220. The zero-order valence-corrected chi connectivity index (χ0v) is 29.7. The van der Waals surface area contributed by atoms with Crippen LogP contribution < -0.4 is 20.1 Å². The highest BCUT2D eigenvalue weighted by molar-refractivity contribution is 5.69. The average molecular weight is 682 g/mol. The van der Waals surface area contributed by atoms with Gasteiger partial charge in [0.25, 0.3) is 6.17 Å². The van der Waals surface area contributed by atoms with Crippen LogP contribution in [0.5, 0.6) is 0 Å². The molecule has 0 spiro atoms. The van der Waals surface area contributed by atoms with Crippen LogP contribution in [0.15, 0.2) is 174 Å². The Morgan fingerprint density at radius 2 is 1.44 bits per heavy atom. The number of benzene rings is 3. The van der Waals surface area contributed by atoms with Crippen molar-refractivity contribution in [1.82, 2.24) is 25.1 Å². The molecular formula is C46H45N6+. The van der Waals surface area contributed by atoms with Gasteiger partial charge in [-0.2, -0.15) is 0 Å². The molecule has 3 aromatic carbocycles. The van der Waals surface area contributed by atoms with Gasteiger partial charge in [0.05, 0.1) is 11.7 Å². The number of nitrogens with one attached hydrogen (secondary N) is 2. The molecule has 4 heterocycles. The normalized spacial score (nSPS) is 30.7. The zero-order valence-electron chi connectivity index (χ0n) is 29.7. The van der Waals surface area contributed by atoms with Crippen LogP contribution in [0.1, 0.15) is 80.6 Å². The lowest BCUT2D eigenvalue weighted by molar-refractivity contribution is 0.298. The van der Waals surface area contributed by atoms with Gasteiger partial charge in [-0.05, 0) is 116 Å². The van der Waals surface area contributed by atoms with Crippen LogP contribution in [0.2, 0.25) is 0 Å². The summed E-state index contributed by atoms with van der Waals surface area (Å²) in [4.78, 5) is 5.17. The van der Waals surface area contributed by atoms with Gasteiger partial charge in [-0.3, -0.25) is 5.32 Å². The van der Waals surface area contributed by atoms with E-state index in [4.69, 9.17) is 0 Å². The molecule has 0 bridgehead atoms. The van der Waals surface area contributed by atoms with E-state index in [0.717, 1.165) is 43.1 Å². The predicted molar refractivity (Wildman–Crippen MR) is 209 cm³/mol. The molecule has 6 unspecified atom stereocenters. The molecule has 4 aliphatic heterocycles. The Labute approximate surface area is 307 Å². The molecule has 3 saturated heterocycles. The van der Waals surface area contributed by atoms with Crippen molar-refractivity contribution in [3.05, 3.63) is 190 Å². The van der Waals surface area contributed by atoms with E-state index in [9.17, 15) is 0 Å². The molecule has 6 nitrogen and oxygen atoms in total. The summed E-state index contributed by atoms with van der Waals surface area (Å²) in [5.74, 6) is 0.442. The number of para-hydroxylation sites is 2. The average Bonchev–Trinajstić information content (AvgIpc) is 3.40. The summed E-state index contributed by atoms with van der Waals surface area (Å²) in [5.41, 5.74) is 14.9. The minimum absolute atomic E-state index is 0.00220. The summed E-state index contributed by atoms with van der Waals surface area (Å²) < 4.78 is 0.792. The Morgan fingerprint density at radius 1 is 0.712 bits per heavy atom. The molecule has 6 heteroatoms. The maximum absolute atomic E-state index is 4.11. The van der Waals surface area contributed by atoms with E-state index in [2.05, 4.69) is 172 Å². The van der Waals surface area contributed by atoms with Gasteiger partial charge in [0.2, 0.25) is 0 Å². The molecule has 258 valence electrons. The quantitative estimate of drug-likeness (QED) is 0.200. The number of hydrogen-bond donors (Lipinski definition) is 2. The molecule has 11 rings (SSSR count). The topological polar surface area (TPSA) is 33.5 Å². The number of rotatable bonds is 6. The van der Waals surface area contributed by atoms with E-state index in [-0.39, 0.29) is 24.5 Å². The highest BCUT2D eigenvalue weighted by Gasteiger charge is 2.81. The lowest BCUT2D eigenvalue weighted by Crippen LogP contribution is -2.43. The highest BCUT2D eigenvalue weighted by Crippen LogP contribution is 2.70. The van der Waals surface area contributed by atoms with Crippen molar-refractivity contribution in [2.24, 2.45) is 5.92 Å². The first-order valence-corrected chi connectivity index (χ1v) is 19.3. The summed E-state index contributed by atoms with van der Waals surface area (Å²) >= 11 is 0. The summed E-state index contributed by atoms with van der Waals surface area (Å²) in [6.07, 6.45) is 30.0. The number of nitrogens with zero attached hydrogens (tertiary/aromatic N) is 4. The Bertz CT molecular complexity index is 2220. The molecule has 0 amide bonds. The zero-order chi connectivity index (χ0) is 34.4. The number of fused-ring (bicyclic) bond motifs is 5. The number of allylic oxidation sites excluding steroid dienone is 11. The van der Waals surface area contributed by atoms with Crippen LogP contribution in [0, 0.1) is 5.92 Å². The first-order valence-electron chi connectivity index (χ1n) is 19.3. The summed E-state index contributed by atoms with van der Waals surface area (Å²) in [5, 5.41) is 10.9. The molecule has 0 saturated carbocycles. The van der Waals surface area contributed by atoms with Gasteiger partial charge in [0.15, 0.2) is 17.1 Å². The number of hydrogen-bond acceptors (Lipinski definition) is 5. The fourth-order valence-electron chi connectivity index (χ4n) is 10.0. The van der Waals surface area contributed by atoms with Crippen LogP contribution >= 0.6 is 0 Å². The van der Waals surface area contributed by atoms with Crippen molar-refractivity contribution >= 4 is 11.4 Å². The largest absolute Gasteiger partial charge is 0.363 e. The number of anilines is 1. The fraction of sp³-hybridized carbons (Fsp3) is 0.261. The molecule has 4 aliphatic carbocycles. The Hall–Kier alpha value is -5.30. The third-order valence-electron chi connectivity index (χ3n) is 12.4. The molecule has 3 aromatic rings. The molecule has 0 radical (unpaired) electrons. The molecule has 0 aromatic heterocycles. The number of quaternary nitrogens is 1. The van der Waals surface area contributed by atoms with Gasteiger partial charge in [0, 0.05) is 40.5 Å². The van der Waals surface area contributed by atoms with E-state index in [1.807, 2.05) is 0 Å². The van der Waals surface area contributed by atoms with Crippen LogP contribution in [-0.2, 0) is 0 Å². The first kappa shape index (κ1) is 30.3. The van der Waals surface area contributed by atoms with Crippen molar-refractivity contribution in [1.29, 1.82) is 0 Å². The minimum Gasteiger partial charge on any atom is -0.363 e. The van der Waals surface area contributed by atoms with Gasteiger partial charge in [0.1, 0.15) is 12.3 Å². The highest BCUT2D eigenvalue weighted by atomic mass is 16.0. The third kappa shape index (κ3) is 4.31. The van der Waals surface area contributed by atoms with Gasteiger partial charge in [-0.25, -0.2) is 0 Å². The monoisotopic (exact) mass is 681 g/mol. The maximum Gasteiger partial charge on any atom is 0.266 e. The smallest absolute Gasteiger partial charge is 0.266 e. The van der Waals surface area contributed by atoms with Crippen molar-refractivity contribution in [2.75, 3.05) is 4.90 Å².